The monoisotopic (exact) mass is 243 g/mol. The van der Waals surface area contributed by atoms with Gasteiger partial charge in [0, 0.05) is 17.7 Å². The first-order chi connectivity index (χ1) is 8.63. The third-order valence-corrected chi connectivity index (χ3v) is 3.27. The minimum absolute atomic E-state index is 0.563. The fourth-order valence-electron chi connectivity index (χ4n) is 2.21. The number of nitrogens with one attached hydrogen (secondary N) is 1. The summed E-state index contributed by atoms with van der Waals surface area (Å²) in [4.78, 5) is 0. The number of aromatic amines is 1. The van der Waals surface area contributed by atoms with E-state index in [9.17, 15) is 0 Å². The summed E-state index contributed by atoms with van der Waals surface area (Å²) in [6.45, 7) is 7.09. The molecule has 2 aromatic rings. The van der Waals surface area contributed by atoms with Gasteiger partial charge in [0.1, 0.15) is 0 Å². The molecule has 1 heterocycles. The molecule has 3 heteroatoms. The van der Waals surface area contributed by atoms with Crippen LogP contribution in [0.2, 0.25) is 0 Å². The standard InChI is InChI=1S/C15H21N3/c1-10(2)12-4-6-13(7-5-12)15-11(3)17-18-14(15)8-9-16/h4-7,10H,8-9,16H2,1-3H3,(H,17,18). The van der Waals surface area contributed by atoms with Crippen LogP contribution in [-0.4, -0.2) is 16.7 Å². The minimum atomic E-state index is 0.563. The van der Waals surface area contributed by atoms with Crippen molar-refractivity contribution in [3.05, 3.63) is 41.2 Å². The third kappa shape index (κ3) is 2.46. The van der Waals surface area contributed by atoms with E-state index in [1.165, 1.54) is 16.7 Å². The van der Waals surface area contributed by atoms with E-state index < -0.39 is 0 Å². The number of aromatic nitrogens is 2. The first-order valence-electron chi connectivity index (χ1n) is 6.47. The number of aryl methyl sites for hydroxylation is 1. The fourth-order valence-corrected chi connectivity index (χ4v) is 2.21. The summed E-state index contributed by atoms with van der Waals surface area (Å²) in [5.74, 6) is 0.563. The van der Waals surface area contributed by atoms with E-state index in [0.717, 1.165) is 17.8 Å². The lowest BCUT2D eigenvalue weighted by atomic mass is 9.97. The quantitative estimate of drug-likeness (QED) is 0.867. The number of rotatable bonds is 4. The Morgan fingerprint density at radius 1 is 1.22 bits per heavy atom. The van der Waals surface area contributed by atoms with Crippen molar-refractivity contribution >= 4 is 0 Å². The third-order valence-electron chi connectivity index (χ3n) is 3.27. The molecular weight excluding hydrogens is 222 g/mol. The molecule has 0 unspecified atom stereocenters. The van der Waals surface area contributed by atoms with Crippen molar-refractivity contribution in [2.45, 2.75) is 33.1 Å². The Labute approximate surface area is 108 Å². The molecule has 0 bridgehead atoms. The molecule has 0 amide bonds. The van der Waals surface area contributed by atoms with Gasteiger partial charge < -0.3 is 5.73 Å². The Bertz CT molecular complexity index is 509. The average Bonchev–Trinajstić information content (AvgIpc) is 2.71. The van der Waals surface area contributed by atoms with Crippen LogP contribution in [0.1, 0.15) is 36.7 Å². The van der Waals surface area contributed by atoms with Gasteiger partial charge in [-0.15, -0.1) is 0 Å². The van der Waals surface area contributed by atoms with Gasteiger partial charge in [0.15, 0.2) is 0 Å². The second-order valence-electron chi connectivity index (χ2n) is 4.99. The van der Waals surface area contributed by atoms with Crippen LogP contribution in [0, 0.1) is 6.92 Å². The summed E-state index contributed by atoms with van der Waals surface area (Å²) in [6, 6.07) is 8.73. The Balaban J connectivity index is 2.38. The van der Waals surface area contributed by atoms with Crippen LogP contribution < -0.4 is 5.73 Å². The molecule has 0 radical (unpaired) electrons. The molecule has 18 heavy (non-hydrogen) atoms. The molecule has 0 aliphatic heterocycles. The van der Waals surface area contributed by atoms with Crippen molar-refractivity contribution in [2.24, 2.45) is 5.73 Å². The fraction of sp³-hybridized carbons (Fsp3) is 0.400. The topological polar surface area (TPSA) is 54.7 Å². The Morgan fingerprint density at radius 2 is 1.89 bits per heavy atom. The lowest BCUT2D eigenvalue weighted by Gasteiger charge is -2.08. The summed E-state index contributed by atoms with van der Waals surface area (Å²) in [5, 5.41) is 7.39. The molecule has 1 aromatic carbocycles. The van der Waals surface area contributed by atoms with Crippen molar-refractivity contribution in [1.82, 2.24) is 10.2 Å². The molecule has 0 aliphatic rings. The lowest BCUT2D eigenvalue weighted by Crippen LogP contribution is -2.04. The molecule has 0 fully saturated rings. The summed E-state index contributed by atoms with van der Waals surface area (Å²) < 4.78 is 0. The van der Waals surface area contributed by atoms with E-state index in [1.807, 2.05) is 0 Å². The van der Waals surface area contributed by atoms with E-state index in [-0.39, 0.29) is 0 Å². The van der Waals surface area contributed by atoms with E-state index in [0.29, 0.717) is 12.5 Å². The highest BCUT2D eigenvalue weighted by Crippen LogP contribution is 2.27. The normalized spacial score (nSPS) is 11.2. The van der Waals surface area contributed by atoms with Gasteiger partial charge >= 0.3 is 0 Å². The molecule has 0 saturated carbocycles. The Hall–Kier alpha value is -1.61. The van der Waals surface area contributed by atoms with Crippen LogP contribution >= 0.6 is 0 Å². The first-order valence-corrected chi connectivity index (χ1v) is 6.47. The second-order valence-corrected chi connectivity index (χ2v) is 4.99. The van der Waals surface area contributed by atoms with Gasteiger partial charge in [0.2, 0.25) is 0 Å². The number of benzene rings is 1. The molecule has 0 spiro atoms. The molecule has 1 aromatic heterocycles. The molecule has 3 N–H and O–H groups in total. The zero-order valence-corrected chi connectivity index (χ0v) is 11.3. The van der Waals surface area contributed by atoms with Crippen LogP contribution in [0.25, 0.3) is 11.1 Å². The Morgan fingerprint density at radius 3 is 2.44 bits per heavy atom. The molecule has 0 atom stereocenters. The first kappa shape index (κ1) is 12.8. The van der Waals surface area contributed by atoms with Crippen molar-refractivity contribution in [3.63, 3.8) is 0 Å². The molecule has 0 aliphatic carbocycles. The summed E-state index contributed by atoms with van der Waals surface area (Å²) in [7, 11) is 0. The summed E-state index contributed by atoms with van der Waals surface area (Å²) in [5.41, 5.74) is 11.6. The van der Waals surface area contributed by atoms with E-state index in [1.54, 1.807) is 0 Å². The zero-order valence-electron chi connectivity index (χ0n) is 11.3. The van der Waals surface area contributed by atoms with E-state index >= 15 is 0 Å². The lowest BCUT2D eigenvalue weighted by molar-refractivity contribution is 0.867. The van der Waals surface area contributed by atoms with Crippen molar-refractivity contribution in [1.29, 1.82) is 0 Å². The Kier molecular flexibility index (Phi) is 3.82. The summed E-state index contributed by atoms with van der Waals surface area (Å²) in [6.07, 6.45) is 0.811. The van der Waals surface area contributed by atoms with Gasteiger partial charge in [0.25, 0.3) is 0 Å². The van der Waals surface area contributed by atoms with Crippen molar-refractivity contribution in [2.75, 3.05) is 6.54 Å². The van der Waals surface area contributed by atoms with Crippen molar-refractivity contribution in [3.8, 4) is 11.1 Å². The largest absolute Gasteiger partial charge is 0.330 e. The highest BCUT2D eigenvalue weighted by Gasteiger charge is 2.11. The highest BCUT2D eigenvalue weighted by molar-refractivity contribution is 5.68. The van der Waals surface area contributed by atoms with Gasteiger partial charge in [-0.1, -0.05) is 38.1 Å². The maximum absolute atomic E-state index is 5.63. The van der Waals surface area contributed by atoms with Gasteiger partial charge in [-0.25, -0.2) is 0 Å². The predicted molar refractivity (Wildman–Crippen MR) is 75.6 cm³/mol. The van der Waals surface area contributed by atoms with Gasteiger partial charge in [0.05, 0.1) is 5.69 Å². The van der Waals surface area contributed by atoms with Gasteiger partial charge in [-0.3, -0.25) is 5.10 Å². The maximum atomic E-state index is 5.63. The smallest absolute Gasteiger partial charge is 0.0715 e. The van der Waals surface area contributed by atoms with Gasteiger partial charge in [-0.05, 0) is 30.5 Å². The van der Waals surface area contributed by atoms with Crippen LogP contribution in [0.5, 0.6) is 0 Å². The van der Waals surface area contributed by atoms with Crippen molar-refractivity contribution < 1.29 is 0 Å². The van der Waals surface area contributed by atoms with Crippen LogP contribution in [0.15, 0.2) is 24.3 Å². The predicted octanol–water partition coefficient (Wildman–Crippen LogP) is 3.01. The average molecular weight is 243 g/mol. The van der Waals surface area contributed by atoms with Gasteiger partial charge in [-0.2, -0.15) is 5.10 Å². The summed E-state index contributed by atoms with van der Waals surface area (Å²) >= 11 is 0. The van der Waals surface area contributed by atoms with Crippen LogP contribution in [-0.2, 0) is 6.42 Å². The minimum Gasteiger partial charge on any atom is -0.330 e. The molecular formula is C15H21N3. The second kappa shape index (κ2) is 5.36. The highest BCUT2D eigenvalue weighted by atomic mass is 15.1. The number of H-pyrrole nitrogens is 1. The molecule has 2 rings (SSSR count). The molecule has 3 nitrogen and oxygen atoms in total. The van der Waals surface area contributed by atoms with E-state index in [2.05, 4.69) is 55.2 Å². The molecule has 96 valence electrons. The SMILES string of the molecule is Cc1[nH]nc(CCN)c1-c1ccc(C(C)C)cc1. The molecule has 0 saturated heterocycles. The van der Waals surface area contributed by atoms with E-state index in [4.69, 9.17) is 5.73 Å². The number of nitrogens with zero attached hydrogens (tertiary/aromatic N) is 1. The van der Waals surface area contributed by atoms with Crippen LogP contribution in [0.3, 0.4) is 0 Å². The van der Waals surface area contributed by atoms with Crippen LogP contribution in [0.4, 0.5) is 0 Å². The number of hydrogen-bond donors (Lipinski definition) is 2. The number of nitrogens with two attached hydrogens (primary N) is 1. The number of hydrogen-bond acceptors (Lipinski definition) is 2. The zero-order chi connectivity index (χ0) is 13.1. The maximum Gasteiger partial charge on any atom is 0.0715 e.